The summed E-state index contributed by atoms with van der Waals surface area (Å²) < 4.78 is 5.11. The largest absolute Gasteiger partial charge is 0.482 e. The molecule has 0 heterocycles. The van der Waals surface area contributed by atoms with Gasteiger partial charge in [-0.05, 0) is 32.0 Å². The van der Waals surface area contributed by atoms with Crippen molar-refractivity contribution in [3.05, 3.63) is 23.8 Å². The van der Waals surface area contributed by atoms with E-state index >= 15 is 0 Å². The van der Waals surface area contributed by atoms with Gasteiger partial charge in [0, 0.05) is 11.6 Å². The highest BCUT2D eigenvalue weighted by Gasteiger charge is 2.10. The molecular weight excluding hydrogens is 234 g/mol. The molecule has 1 rings (SSSR count). The number of hydrogen-bond acceptors (Lipinski definition) is 4. The first-order valence-corrected chi connectivity index (χ1v) is 5.51. The highest BCUT2D eigenvalue weighted by molar-refractivity contribution is 5.95. The van der Waals surface area contributed by atoms with E-state index in [0.29, 0.717) is 11.3 Å². The van der Waals surface area contributed by atoms with E-state index < -0.39 is 5.91 Å². The predicted octanol–water partition coefficient (Wildman–Crippen LogP) is 0.271. The molecule has 0 radical (unpaired) electrons. The molecule has 0 aliphatic heterocycles. The summed E-state index contributed by atoms with van der Waals surface area (Å²) in [5, 5.41) is 2.74. The van der Waals surface area contributed by atoms with Crippen LogP contribution in [0.15, 0.2) is 18.2 Å². The Bertz CT molecular complexity index is 458. The van der Waals surface area contributed by atoms with Crippen LogP contribution in [0.5, 0.6) is 5.75 Å². The number of nitrogens with two attached hydrogens (primary N) is 2. The van der Waals surface area contributed by atoms with E-state index in [9.17, 15) is 9.59 Å². The number of anilines is 1. The van der Waals surface area contributed by atoms with E-state index in [1.54, 1.807) is 12.1 Å². The molecule has 1 aromatic carbocycles. The molecule has 6 heteroatoms. The van der Waals surface area contributed by atoms with Gasteiger partial charge >= 0.3 is 0 Å². The number of carbonyl (C=O) groups is 2. The van der Waals surface area contributed by atoms with Crippen molar-refractivity contribution in [2.45, 2.75) is 19.9 Å². The Hall–Kier alpha value is -2.24. The van der Waals surface area contributed by atoms with Crippen molar-refractivity contribution in [2.75, 3.05) is 12.3 Å². The van der Waals surface area contributed by atoms with Crippen molar-refractivity contribution >= 4 is 17.5 Å². The van der Waals surface area contributed by atoms with Gasteiger partial charge < -0.3 is 21.5 Å². The van der Waals surface area contributed by atoms with Crippen molar-refractivity contribution in [1.29, 1.82) is 0 Å². The van der Waals surface area contributed by atoms with Crippen LogP contribution in [0.3, 0.4) is 0 Å². The van der Waals surface area contributed by atoms with E-state index in [1.165, 1.54) is 6.07 Å². The quantitative estimate of drug-likeness (QED) is 0.653. The van der Waals surface area contributed by atoms with Crippen LogP contribution in [0.1, 0.15) is 24.2 Å². The Morgan fingerprint density at radius 2 is 2.06 bits per heavy atom. The predicted molar refractivity (Wildman–Crippen MR) is 68.1 cm³/mol. The number of ether oxygens (including phenoxy) is 1. The van der Waals surface area contributed by atoms with Gasteiger partial charge in [0.2, 0.25) is 0 Å². The molecule has 0 atom stereocenters. The van der Waals surface area contributed by atoms with Crippen LogP contribution in [0.4, 0.5) is 5.69 Å². The first kappa shape index (κ1) is 13.8. The summed E-state index contributed by atoms with van der Waals surface area (Å²) in [6.45, 7) is 3.44. The number of amides is 2. The molecule has 0 aliphatic rings. The first-order valence-electron chi connectivity index (χ1n) is 5.51. The zero-order valence-corrected chi connectivity index (χ0v) is 10.4. The van der Waals surface area contributed by atoms with E-state index in [1.807, 2.05) is 13.8 Å². The standard InChI is InChI=1S/C12H17N3O3/c1-7(2)15-12(17)8-3-4-9(13)10(5-8)18-6-11(14)16/h3-5,7H,6,13H2,1-2H3,(H2,14,16)(H,15,17). The molecule has 0 saturated heterocycles. The average Bonchev–Trinajstić information content (AvgIpc) is 2.26. The van der Waals surface area contributed by atoms with Gasteiger partial charge in [0.05, 0.1) is 5.69 Å². The molecule has 0 fully saturated rings. The van der Waals surface area contributed by atoms with Crippen molar-refractivity contribution in [2.24, 2.45) is 5.73 Å². The zero-order valence-electron chi connectivity index (χ0n) is 10.4. The van der Waals surface area contributed by atoms with Crippen molar-refractivity contribution in [1.82, 2.24) is 5.32 Å². The van der Waals surface area contributed by atoms with Crippen LogP contribution in [0.2, 0.25) is 0 Å². The third-order valence-electron chi connectivity index (χ3n) is 2.07. The summed E-state index contributed by atoms with van der Waals surface area (Å²) in [5.41, 5.74) is 11.4. The summed E-state index contributed by atoms with van der Waals surface area (Å²) in [7, 11) is 0. The molecule has 0 spiro atoms. The van der Waals surface area contributed by atoms with Gasteiger partial charge in [0.25, 0.3) is 11.8 Å². The summed E-state index contributed by atoms with van der Waals surface area (Å²) in [5.74, 6) is -0.564. The lowest BCUT2D eigenvalue weighted by Gasteiger charge is -2.11. The third kappa shape index (κ3) is 3.97. The maximum Gasteiger partial charge on any atom is 0.255 e. The Morgan fingerprint density at radius 1 is 1.39 bits per heavy atom. The zero-order chi connectivity index (χ0) is 13.7. The van der Waals surface area contributed by atoms with E-state index in [0.717, 1.165) is 0 Å². The minimum absolute atomic E-state index is 0.0324. The molecule has 18 heavy (non-hydrogen) atoms. The second kappa shape index (κ2) is 5.90. The minimum Gasteiger partial charge on any atom is -0.482 e. The van der Waals surface area contributed by atoms with Gasteiger partial charge in [-0.3, -0.25) is 9.59 Å². The number of primary amides is 1. The molecule has 0 saturated carbocycles. The highest BCUT2D eigenvalue weighted by atomic mass is 16.5. The van der Waals surface area contributed by atoms with E-state index in [2.05, 4.69) is 5.32 Å². The first-order chi connectivity index (χ1) is 8.40. The number of hydrogen-bond donors (Lipinski definition) is 3. The Balaban J connectivity index is 2.86. The molecule has 6 nitrogen and oxygen atoms in total. The number of benzene rings is 1. The monoisotopic (exact) mass is 251 g/mol. The topological polar surface area (TPSA) is 107 Å². The van der Waals surface area contributed by atoms with Gasteiger partial charge in [0.15, 0.2) is 6.61 Å². The van der Waals surface area contributed by atoms with Crippen molar-refractivity contribution < 1.29 is 14.3 Å². The maximum atomic E-state index is 11.8. The summed E-state index contributed by atoms with van der Waals surface area (Å²) >= 11 is 0. The van der Waals surface area contributed by atoms with Crippen LogP contribution in [-0.4, -0.2) is 24.5 Å². The maximum absolute atomic E-state index is 11.8. The molecular formula is C12H17N3O3. The molecule has 0 aromatic heterocycles. The average molecular weight is 251 g/mol. The summed E-state index contributed by atoms with van der Waals surface area (Å²) in [6, 6.07) is 4.65. The van der Waals surface area contributed by atoms with Gasteiger partial charge in [-0.15, -0.1) is 0 Å². The fraction of sp³-hybridized carbons (Fsp3) is 0.333. The van der Waals surface area contributed by atoms with E-state index in [4.69, 9.17) is 16.2 Å². The number of nitrogens with one attached hydrogen (secondary N) is 1. The Labute approximate surface area is 105 Å². The molecule has 5 N–H and O–H groups in total. The van der Waals surface area contributed by atoms with E-state index in [-0.39, 0.29) is 24.3 Å². The van der Waals surface area contributed by atoms with Crippen molar-refractivity contribution in [3.8, 4) is 5.75 Å². The fourth-order valence-corrected chi connectivity index (χ4v) is 1.30. The van der Waals surface area contributed by atoms with Gasteiger partial charge in [-0.1, -0.05) is 0 Å². The summed E-state index contributed by atoms with van der Waals surface area (Å²) in [6.07, 6.45) is 0. The van der Waals surface area contributed by atoms with Crippen LogP contribution >= 0.6 is 0 Å². The molecule has 1 aromatic rings. The van der Waals surface area contributed by atoms with Gasteiger partial charge in [0.1, 0.15) is 5.75 Å². The molecule has 98 valence electrons. The number of rotatable bonds is 5. The Morgan fingerprint density at radius 3 is 2.61 bits per heavy atom. The molecule has 0 aliphatic carbocycles. The van der Waals surface area contributed by atoms with Crippen molar-refractivity contribution in [3.63, 3.8) is 0 Å². The second-order valence-corrected chi connectivity index (χ2v) is 4.14. The van der Waals surface area contributed by atoms with Crippen LogP contribution in [0, 0.1) is 0 Å². The molecule has 0 unspecified atom stereocenters. The number of carbonyl (C=O) groups excluding carboxylic acids is 2. The molecule has 0 bridgehead atoms. The van der Waals surface area contributed by atoms with Crippen LogP contribution in [-0.2, 0) is 4.79 Å². The second-order valence-electron chi connectivity index (χ2n) is 4.14. The lowest BCUT2D eigenvalue weighted by Crippen LogP contribution is -2.30. The summed E-state index contributed by atoms with van der Waals surface area (Å²) in [4.78, 5) is 22.4. The SMILES string of the molecule is CC(C)NC(=O)c1ccc(N)c(OCC(N)=O)c1. The lowest BCUT2D eigenvalue weighted by molar-refractivity contribution is -0.119. The van der Waals surface area contributed by atoms with Gasteiger partial charge in [-0.2, -0.15) is 0 Å². The minimum atomic E-state index is -0.605. The van der Waals surface area contributed by atoms with Gasteiger partial charge in [-0.25, -0.2) is 0 Å². The van der Waals surface area contributed by atoms with Crippen LogP contribution < -0.4 is 21.5 Å². The molecule has 2 amide bonds. The third-order valence-corrected chi connectivity index (χ3v) is 2.07. The highest BCUT2D eigenvalue weighted by Crippen LogP contribution is 2.22. The number of nitrogen functional groups attached to an aromatic ring is 1. The fourth-order valence-electron chi connectivity index (χ4n) is 1.30. The van der Waals surface area contributed by atoms with Crippen LogP contribution in [0.25, 0.3) is 0 Å². The normalized spacial score (nSPS) is 10.2. The smallest absolute Gasteiger partial charge is 0.255 e. The lowest BCUT2D eigenvalue weighted by atomic mass is 10.1. The Kier molecular flexibility index (Phi) is 4.53.